The normalized spacial score (nSPS) is 13.8. The maximum Gasteiger partial charge on any atom is 0.406 e. The van der Waals surface area contributed by atoms with Gasteiger partial charge in [-0.1, -0.05) is 13.8 Å². The maximum absolute atomic E-state index is 12.5. The summed E-state index contributed by atoms with van der Waals surface area (Å²) in [7, 11) is 1.35. The van der Waals surface area contributed by atoms with Crippen LogP contribution in [0.1, 0.15) is 26.7 Å². The third-order valence-corrected chi connectivity index (χ3v) is 2.68. The number of nitrogens with two attached hydrogens (primary N) is 1. The molecule has 1 unspecified atom stereocenters. The van der Waals surface area contributed by atoms with Crippen LogP contribution < -0.4 is 5.73 Å². The van der Waals surface area contributed by atoms with Gasteiger partial charge < -0.3 is 15.4 Å². The monoisotopic (exact) mass is 270 g/mol. The molecule has 0 radical (unpaired) electrons. The fraction of sp³-hybridized carbons (Fsp3) is 0.909. The first-order valence-corrected chi connectivity index (χ1v) is 5.88. The first-order valence-electron chi connectivity index (χ1n) is 5.88. The Labute approximate surface area is 105 Å². The van der Waals surface area contributed by atoms with E-state index in [9.17, 15) is 18.0 Å². The van der Waals surface area contributed by atoms with E-state index in [2.05, 4.69) is 0 Å². The SMILES string of the molecule is CCC(CC)N(CC(F)(F)F)C(=O)C(N)COC. The number of nitrogens with zero attached hydrogens (tertiary/aromatic N) is 1. The van der Waals surface area contributed by atoms with E-state index >= 15 is 0 Å². The van der Waals surface area contributed by atoms with Crippen LogP contribution >= 0.6 is 0 Å². The van der Waals surface area contributed by atoms with Gasteiger partial charge in [-0.05, 0) is 12.8 Å². The van der Waals surface area contributed by atoms with E-state index in [0.717, 1.165) is 4.90 Å². The summed E-state index contributed by atoms with van der Waals surface area (Å²) in [5.74, 6) is -0.720. The van der Waals surface area contributed by atoms with E-state index in [4.69, 9.17) is 10.5 Å². The number of alkyl halides is 3. The quantitative estimate of drug-likeness (QED) is 0.763. The van der Waals surface area contributed by atoms with Gasteiger partial charge in [0.1, 0.15) is 12.6 Å². The number of hydrogen-bond donors (Lipinski definition) is 1. The molecule has 108 valence electrons. The van der Waals surface area contributed by atoms with Crippen molar-refractivity contribution in [1.29, 1.82) is 0 Å². The summed E-state index contributed by atoms with van der Waals surface area (Å²) < 4.78 is 42.1. The second-order valence-electron chi connectivity index (χ2n) is 4.11. The minimum atomic E-state index is -4.43. The van der Waals surface area contributed by atoms with Crippen LogP contribution in [0.3, 0.4) is 0 Å². The Balaban J connectivity index is 4.90. The number of ether oxygens (including phenoxy) is 1. The van der Waals surface area contributed by atoms with Crippen molar-refractivity contribution < 1.29 is 22.7 Å². The van der Waals surface area contributed by atoms with Gasteiger partial charge in [-0.25, -0.2) is 0 Å². The predicted octanol–water partition coefficient (Wildman–Crippen LogP) is 1.54. The predicted molar refractivity (Wildman–Crippen MR) is 62.0 cm³/mol. The van der Waals surface area contributed by atoms with Crippen molar-refractivity contribution in [3.05, 3.63) is 0 Å². The highest BCUT2D eigenvalue weighted by Gasteiger charge is 2.37. The van der Waals surface area contributed by atoms with Crippen LogP contribution in [0.4, 0.5) is 13.2 Å². The molecular formula is C11H21F3N2O2. The lowest BCUT2D eigenvalue weighted by molar-refractivity contribution is -0.167. The average molecular weight is 270 g/mol. The van der Waals surface area contributed by atoms with Crippen molar-refractivity contribution >= 4 is 5.91 Å². The second-order valence-corrected chi connectivity index (χ2v) is 4.11. The maximum atomic E-state index is 12.5. The second kappa shape index (κ2) is 7.58. The molecule has 0 aliphatic rings. The molecule has 4 nitrogen and oxygen atoms in total. The third-order valence-electron chi connectivity index (χ3n) is 2.68. The number of rotatable bonds is 7. The van der Waals surface area contributed by atoms with Crippen molar-refractivity contribution in [3.63, 3.8) is 0 Å². The zero-order chi connectivity index (χ0) is 14.3. The van der Waals surface area contributed by atoms with E-state index in [1.165, 1.54) is 7.11 Å². The molecule has 0 bridgehead atoms. The molecule has 0 aliphatic carbocycles. The molecule has 2 N–H and O–H groups in total. The largest absolute Gasteiger partial charge is 0.406 e. The molecule has 0 spiro atoms. The summed E-state index contributed by atoms with van der Waals surface area (Å²) in [6.45, 7) is 2.13. The summed E-state index contributed by atoms with van der Waals surface area (Å²) in [5.41, 5.74) is 5.51. The van der Waals surface area contributed by atoms with Crippen molar-refractivity contribution in [3.8, 4) is 0 Å². The molecule has 0 aromatic heterocycles. The Morgan fingerprint density at radius 3 is 2.17 bits per heavy atom. The zero-order valence-corrected chi connectivity index (χ0v) is 11.0. The Kier molecular flexibility index (Phi) is 7.23. The molecule has 0 aromatic carbocycles. The molecule has 0 rings (SSSR count). The molecule has 1 amide bonds. The lowest BCUT2D eigenvalue weighted by atomic mass is 10.1. The molecule has 7 heteroatoms. The molecular weight excluding hydrogens is 249 g/mol. The van der Waals surface area contributed by atoms with Crippen molar-refractivity contribution in [2.45, 2.75) is 44.9 Å². The van der Waals surface area contributed by atoms with Gasteiger partial charge in [-0.15, -0.1) is 0 Å². The van der Waals surface area contributed by atoms with Crippen LogP contribution in [0.25, 0.3) is 0 Å². The number of halogens is 3. The standard InChI is InChI=1S/C11H21F3N2O2/c1-4-8(5-2)16(7-11(12,13)14)10(17)9(15)6-18-3/h8-9H,4-7,15H2,1-3H3. The van der Waals surface area contributed by atoms with Crippen molar-refractivity contribution in [2.24, 2.45) is 5.73 Å². The van der Waals surface area contributed by atoms with Crippen LogP contribution in [-0.4, -0.2) is 49.3 Å². The summed E-state index contributed by atoms with van der Waals surface area (Å²) in [4.78, 5) is 12.7. The molecule has 18 heavy (non-hydrogen) atoms. The van der Waals surface area contributed by atoms with E-state index < -0.39 is 30.7 Å². The highest BCUT2D eigenvalue weighted by atomic mass is 19.4. The van der Waals surface area contributed by atoms with Crippen LogP contribution in [0, 0.1) is 0 Å². The molecule has 0 aliphatic heterocycles. The van der Waals surface area contributed by atoms with E-state index in [0.29, 0.717) is 12.8 Å². The molecule has 1 atom stereocenters. The van der Waals surface area contributed by atoms with Gasteiger partial charge in [0.2, 0.25) is 5.91 Å². The number of carbonyl (C=O) groups excluding carboxylic acids is 1. The van der Waals surface area contributed by atoms with Crippen LogP contribution in [0.15, 0.2) is 0 Å². The summed E-state index contributed by atoms with van der Waals surface area (Å²) >= 11 is 0. The summed E-state index contributed by atoms with van der Waals surface area (Å²) in [6, 6.07) is -1.51. The van der Waals surface area contributed by atoms with Gasteiger partial charge in [0.05, 0.1) is 6.61 Å². The lowest BCUT2D eigenvalue weighted by Gasteiger charge is -2.33. The fourth-order valence-electron chi connectivity index (χ4n) is 1.77. The Hall–Kier alpha value is -0.820. The van der Waals surface area contributed by atoms with Crippen LogP contribution in [0.2, 0.25) is 0 Å². The fourth-order valence-corrected chi connectivity index (χ4v) is 1.77. The van der Waals surface area contributed by atoms with Gasteiger partial charge in [0, 0.05) is 13.2 Å². The number of amides is 1. The first kappa shape index (κ1) is 17.2. The van der Waals surface area contributed by atoms with E-state index in [1.807, 2.05) is 0 Å². The van der Waals surface area contributed by atoms with E-state index in [-0.39, 0.29) is 6.61 Å². The average Bonchev–Trinajstić information content (AvgIpc) is 2.27. The summed E-state index contributed by atoms with van der Waals surface area (Å²) in [5, 5.41) is 0. The topological polar surface area (TPSA) is 55.6 Å². The van der Waals surface area contributed by atoms with Gasteiger partial charge in [0.15, 0.2) is 0 Å². The zero-order valence-electron chi connectivity index (χ0n) is 11.0. The Morgan fingerprint density at radius 1 is 1.33 bits per heavy atom. The third kappa shape index (κ3) is 5.68. The van der Waals surface area contributed by atoms with Crippen LogP contribution in [0.5, 0.6) is 0 Å². The molecule has 0 saturated heterocycles. The van der Waals surface area contributed by atoms with E-state index in [1.54, 1.807) is 13.8 Å². The van der Waals surface area contributed by atoms with Crippen molar-refractivity contribution in [2.75, 3.05) is 20.3 Å². The van der Waals surface area contributed by atoms with Crippen LogP contribution in [-0.2, 0) is 9.53 Å². The molecule has 0 aromatic rings. The molecule has 0 heterocycles. The highest BCUT2D eigenvalue weighted by Crippen LogP contribution is 2.21. The minimum absolute atomic E-state index is 0.0899. The van der Waals surface area contributed by atoms with Crippen molar-refractivity contribution in [1.82, 2.24) is 4.90 Å². The Bertz CT molecular complexity index is 255. The van der Waals surface area contributed by atoms with Gasteiger partial charge in [0.25, 0.3) is 0 Å². The first-order chi connectivity index (χ1) is 8.26. The highest BCUT2D eigenvalue weighted by molar-refractivity contribution is 5.82. The minimum Gasteiger partial charge on any atom is -0.383 e. The summed E-state index contributed by atoms with van der Waals surface area (Å²) in [6.07, 6.45) is -3.51. The number of carbonyl (C=O) groups is 1. The van der Waals surface area contributed by atoms with Gasteiger partial charge in [-0.2, -0.15) is 13.2 Å². The number of methoxy groups -OCH3 is 1. The number of hydrogen-bond acceptors (Lipinski definition) is 3. The molecule has 0 saturated carbocycles. The smallest absolute Gasteiger partial charge is 0.383 e. The lowest BCUT2D eigenvalue weighted by Crippen LogP contribution is -2.53. The molecule has 0 fully saturated rings. The Morgan fingerprint density at radius 2 is 1.83 bits per heavy atom. The van der Waals surface area contributed by atoms with Gasteiger partial charge in [-0.3, -0.25) is 4.79 Å². The van der Waals surface area contributed by atoms with Gasteiger partial charge >= 0.3 is 6.18 Å².